The first-order valence-electron chi connectivity index (χ1n) is 8.27. The second kappa shape index (κ2) is 8.50. The summed E-state index contributed by atoms with van der Waals surface area (Å²) in [7, 11) is 2.83. The maximum Gasteiger partial charge on any atom is 0.325 e. The summed E-state index contributed by atoms with van der Waals surface area (Å²) >= 11 is 12.5. The maximum absolute atomic E-state index is 12.1. The Hall–Kier alpha value is -3.10. The molecule has 1 heterocycles. The molecule has 0 spiro atoms. The summed E-state index contributed by atoms with van der Waals surface area (Å²) in [6.07, 6.45) is 1.41. The van der Waals surface area contributed by atoms with Crippen molar-refractivity contribution in [2.24, 2.45) is 7.05 Å². The lowest BCUT2D eigenvalue weighted by Gasteiger charge is -2.12. The normalized spacial score (nSPS) is 10.6. The van der Waals surface area contributed by atoms with E-state index in [4.69, 9.17) is 27.9 Å². The van der Waals surface area contributed by atoms with E-state index in [9.17, 15) is 14.4 Å². The molecule has 8 nitrogen and oxygen atoms in total. The van der Waals surface area contributed by atoms with E-state index in [0.717, 1.165) is 0 Å². The Morgan fingerprint density at radius 3 is 2.52 bits per heavy atom. The van der Waals surface area contributed by atoms with Gasteiger partial charge in [0.2, 0.25) is 0 Å². The lowest BCUT2D eigenvalue weighted by atomic mass is 10.2. The number of hydrogen-bond acceptors (Lipinski definition) is 6. The lowest BCUT2D eigenvalue weighted by molar-refractivity contribution is -0.139. The van der Waals surface area contributed by atoms with E-state index in [-0.39, 0.29) is 33.5 Å². The van der Waals surface area contributed by atoms with Gasteiger partial charge in [0.1, 0.15) is 12.3 Å². The van der Waals surface area contributed by atoms with Gasteiger partial charge < -0.3 is 19.4 Å². The molecule has 0 saturated heterocycles. The van der Waals surface area contributed by atoms with Crippen molar-refractivity contribution < 1.29 is 19.1 Å². The van der Waals surface area contributed by atoms with Crippen LogP contribution in [0.2, 0.25) is 10.0 Å². The number of methoxy groups -OCH3 is 1. The number of carbonyl (C=O) groups excluding carboxylic acids is 2. The van der Waals surface area contributed by atoms with Crippen LogP contribution < -0.4 is 15.6 Å². The van der Waals surface area contributed by atoms with Crippen molar-refractivity contribution in [2.45, 2.75) is 0 Å². The van der Waals surface area contributed by atoms with Gasteiger partial charge in [0.15, 0.2) is 5.75 Å². The summed E-state index contributed by atoms with van der Waals surface area (Å²) in [5.74, 6) is -0.627. The van der Waals surface area contributed by atoms with Crippen molar-refractivity contribution in [2.75, 3.05) is 13.7 Å². The minimum Gasteiger partial charge on any atom is -0.468 e. The molecule has 0 aliphatic heterocycles. The number of ether oxygens (including phenoxy) is 2. The Labute approximate surface area is 175 Å². The fraction of sp³-hybridized carbons (Fsp3) is 0.158. The van der Waals surface area contributed by atoms with Gasteiger partial charge in [-0.15, -0.1) is 0 Å². The van der Waals surface area contributed by atoms with E-state index in [1.54, 1.807) is 25.2 Å². The first kappa shape index (κ1) is 20.6. The minimum absolute atomic E-state index is 0.0951. The number of aromatic nitrogens is 2. The number of hydrogen-bond donors (Lipinski definition) is 1. The quantitative estimate of drug-likeness (QED) is 0.618. The Morgan fingerprint density at radius 1 is 1.17 bits per heavy atom. The number of benzene rings is 2. The third kappa shape index (κ3) is 4.49. The van der Waals surface area contributed by atoms with Crippen molar-refractivity contribution in [3.05, 3.63) is 62.6 Å². The van der Waals surface area contributed by atoms with Crippen LogP contribution in [-0.2, 0) is 16.6 Å². The smallest absolute Gasteiger partial charge is 0.325 e. The second-order valence-electron chi connectivity index (χ2n) is 5.97. The molecule has 1 N–H and O–H groups in total. The van der Waals surface area contributed by atoms with E-state index in [2.05, 4.69) is 15.0 Å². The fourth-order valence-corrected chi connectivity index (χ4v) is 3.05. The van der Waals surface area contributed by atoms with Crippen LogP contribution in [-0.4, -0.2) is 35.1 Å². The van der Waals surface area contributed by atoms with Crippen LogP contribution in [0.15, 0.2) is 41.5 Å². The highest BCUT2D eigenvalue weighted by Gasteiger charge is 2.16. The molecule has 0 aliphatic carbocycles. The molecule has 150 valence electrons. The third-order valence-electron chi connectivity index (χ3n) is 3.99. The van der Waals surface area contributed by atoms with Gasteiger partial charge in [-0.05, 0) is 24.3 Å². The molecule has 0 atom stereocenters. The van der Waals surface area contributed by atoms with Gasteiger partial charge in [0.25, 0.3) is 11.5 Å². The van der Waals surface area contributed by atoms with Crippen molar-refractivity contribution in [3.63, 3.8) is 0 Å². The van der Waals surface area contributed by atoms with Gasteiger partial charge in [0, 0.05) is 18.7 Å². The number of nitrogens with one attached hydrogen (secondary N) is 1. The number of aryl methyl sites for hydroxylation is 1. The summed E-state index contributed by atoms with van der Waals surface area (Å²) in [5.41, 5.74) is 0.427. The molecule has 10 heteroatoms. The van der Waals surface area contributed by atoms with Crippen molar-refractivity contribution >= 4 is 46.0 Å². The highest BCUT2D eigenvalue weighted by atomic mass is 35.5. The molecule has 2 aromatic carbocycles. The Kier molecular flexibility index (Phi) is 6.05. The maximum atomic E-state index is 12.1. The van der Waals surface area contributed by atoms with Gasteiger partial charge in [0.05, 0.1) is 34.4 Å². The molecule has 3 aromatic rings. The molecule has 0 unspecified atom stereocenters. The number of esters is 1. The first-order chi connectivity index (χ1) is 13.8. The van der Waals surface area contributed by atoms with E-state index >= 15 is 0 Å². The molecule has 0 aliphatic rings. The number of amides is 1. The number of rotatable bonds is 5. The number of nitrogens with zero attached hydrogens (tertiary/aromatic N) is 2. The second-order valence-corrected chi connectivity index (χ2v) is 6.78. The molecular formula is C19H15Cl2N3O5. The standard InChI is InChI=1S/C19H15Cl2N3O5/c1-24-9-23-15-7-11(3-4-12(15)19(24)27)29-17-13(20)5-10(6-14(17)21)18(26)22-8-16(25)28-2/h3-7,9H,8H2,1-2H3,(H,22,26). The molecule has 29 heavy (non-hydrogen) atoms. The number of halogens is 2. The SMILES string of the molecule is COC(=O)CNC(=O)c1cc(Cl)c(Oc2ccc3c(=O)n(C)cnc3c2)c(Cl)c1. The summed E-state index contributed by atoms with van der Waals surface area (Å²) in [5, 5.41) is 3.02. The van der Waals surface area contributed by atoms with Crippen LogP contribution in [0.25, 0.3) is 10.9 Å². The predicted octanol–water partition coefficient (Wildman–Crippen LogP) is 2.94. The summed E-state index contributed by atoms with van der Waals surface area (Å²) in [4.78, 5) is 39.6. The van der Waals surface area contributed by atoms with Gasteiger partial charge in [-0.25, -0.2) is 4.98 Å². The lowest BCUT2D eigenvalue weighted by Crippen LogP contribution is -2.30. The Morgan fingerprint density at radius 2 is 1.86 bits per heavy atom. The zero-order valence-corrected chi connectivity index (χ0v) is 16.9. The largest absolute Gasteiger partial charge is 0.468 e. The Balaban J connectivity index is 1.85. The van der Waals surface area contributed by atoms with E-state index in [1.807, 2.05) is 0 Å². The first-order valence-corrected chi connectivity index (χ1v) is 9.03. The molecule has 1 aromatic heterocycles. The zero-order chi connectivity index (χ0) is 21.1. The van der Waals surface area contributed by atoms with E-state index in [1.165, 1.54) is 30.1 Å². The van der Waals surface area contributed by atoms with E-state index in [0.29, 0.717) is 16.7 Å². The average molecular weight is 436 g/mol. The van der Waals surface area contributed by atoms with Crippen molar-refractivity contribution in [3.8, 4) is 11.5 Å². The summed E-state index contributed by atoms with van der Waals surface area (Å²) < 4.78 is 11.6. The van der Waals surface area contributed by atoms with Crippen LogP contribution in [0.5, 0.6) is 11.5 Å². The minimum atomic E-state index is -0.588. The van der Waals surface area contributed by atoms with Gasteiger partial charge in [-0.2, -0.15) is 0 Å². The van der Waals surface area contributed by atoms with Gasteiger partial charge >= 0.3 is 5.97 Å². The molecule has 0 fully saturated rings. The number of carbonyl (C=O) groups is 2. The molecule has 0 bridgehead atoms. The predicted molar refractivity (Wildman–Crippen MR) is 108 cm³/mol. The van der Waals surface area contributed by atoms with E-state index < -0.39 is 11.9 Å². The zero-order valence-electron chi connectivity index (χ0n) is 15.4. The van der Waals surface area contributed by atoms with Crippen LogP contribution in [0.4, 0.5) is 0 Å². The highest BCUT2D eigenvalue weighted by Crippen LogP contribution is 2.37. The van der Waals surface area contributed by atoms with Crippen LogP contribution >= 0.6 is 23.2 Å². The highest BCUT2D eigenvalue weighted by molar-refractivity contribution is 6.37. The molecule has 3 rings (SSSR count). The summed E-state index contributed by atoms with van der Waals surface area (Å²) in [6.45, 7) is -0.285. The van der Waals surface area contributed by atoms with Crippen LogP contribution in [0.1, 0.15) is 10.4 Å². The van der Waals surface area contributed by atoms with Crippen molar-refractivity contribution in [1.82, 2.24) is 14.9 Å². The van der Waals surface area contributed by atoms with Gasteiger partial charge in [-0.1, -0.05) is 23.2 Å². The average Bonchev–Trinajstić information content (AvgIpc) is 2.71. The van der Waals surface area contributed by atoms with Crippen LogP contribution in [0.3, 0.4) is 0 Å². The van der Waals surface area contributed by atoms with Gasteiger partial charge in [-0.3, -0.25) is 14.4 Å². The monoisotopic (exact) mass is 435 g/mol. The Bertz CT molecular complexity index is 1150. The van der Waals surface area contributed by atoms with Crippen molar-refractivity contribution in [1.29, 1.82) is 0 Å². The topological polar surface area (TPSA) is 99.5 Å². The molecular weight excluding hydrogens is 421 g/mol. The van der Waals surface area contributed by atoms with Crippen LogP contribution in [0, 0.1) is 0 Å². The molecule has 1 amide bonds. The number of fused-ring (bicyclic) bond motifs is 1. The molecule has 0 saturated carbocycles. The third-order valence-corrected chi connectivity index (χ3v) is 4.55. The summed E-state index contributed by atoms with van der Waals surface area (Å²) in [6, 6.07) is 7.50. The fourth-order valence-electron chi connectivity index (χ4n) is 2.49. The molecule has 0 radical (unpaired) electrons.